The van der Waals surface area contributed by atoms with Crippen molar-refractivity contribution in [3.63, 3.8) is 0 Å². The maximum atomic E-state index is 11.8. The quantitative estimate of drug-likeness (QED) is 0.503. The maximum absolute atomic E-state index is 11.8. The fourth-order valence-electron chi connectivity index (χ4n) is 3.29. The molecule has 0 bridgehead atoms. The van der Waals surface area contributed by atoms with Crippen LogP contribution in [0.4, 0.5) is 0 Å². The molecule has 3 rings (SSSR count). The van der Waals surface area contributed by atoms with Crippen molar-refractivity contribution in [2.45, 2.75) is 32.8 Å². The Labute approximate surface area is 170 Å². The summed E-state index contributed by atoms with van der Waals surface area (Å²) in [5.74, 6) is -0.145. The number of aryl methyl sites for hydroxylation is 2. The van der Waals surface area contributed by atoms with E-state index in [1.165, 1.54) is 0 Å². The van der Waals surface area contributed by atoms with Crippen molar-refractivity contribution in [1.82, 2.24) is 0 Å². The second kappa shape index (κ2) is 9.69. The largest absolute Gasteiger partial charge is 0.489 e. The van der Waals surface area contributed by atoms with Gasteiger partial charge in [-0.25, -0.2) is 4.79 Å². The molecule has 3 aromatic carbocycles. The molecule has 148 valence electrons. The van der Waals surface area contributed by atoms with Crippen LogP contribution in [-0.2, 0) is 19.4 Å². The molecule has 0 unspecified atom stereocenters. The molecule has 0 aliphatic carbocycles. The van der Waals surface area contributed by atoms with Gasteiger partial charge in [0.15, 0.2) is 5.78 Å². The molecule has 0 heterocycles. The molecule has 0 aromatic heterocycles. The van der Waals surface area contributed by atoms with E-state index in [0.29, 0.717) is 30.6 Å². The topological polar surface area (TPSA) is 63.6 Å². The summed E-state index contributed by atoms with van der Waals surface area (Å²) in [7, 11) is 0. The number of carbonyl (C=O) groups excluding carboxylic acids is 1. The lowest BCUT2D eigenvalue weighted by atomic mass is 9.98. The second-order valence-electron chi connectivity index (χ2n) is 6.97. The monoisotopic (exact) mass is 388 g/mol. The van der Waals surface area contributed by atoms with E-state index < -0.39 is 5.97 Å². The highest BCUT2D eigenvalue weighted by Gasteiger charge is 2.11. The van der Waals surface area contributed by atoms with Gasteiger partial charge in [-0.3, -0.25) is 4.79 Å². The number of benzene rings is 3. The summed E-state index contributed by atoms with van der Waals surface area (Å²) in [6, 6.07) is 22.5. The molecule has 0 atom stereocenters. The molecule has 0 fully saturated rings. The van der Waals surface area contributed by atoms with Crippen LogP contribution in [0, 0.1) is 0 Å². The van der Waals surface area contributed by atoms with E-state index in [0.717, 1.165) is 28.9 Å². The normalized spacial score (nSPS) is 10.5. The molecule has 0 spiro atoms. The number of Topliss-reactive ketones (excluding diaryl/α,β-unsaturated/α-hetero) is 1. The zero-order valence-electron chi connectivity index (χ0n) is 16.4. The number of rotatable bonds is 9. The maximum Gasteiger partial charge on any atom is 0.335 e. The number of hydrogen-bond acceptors (Lipinski definition) is 3. The zero-order chi connectivity index (χ0) is 20.6. The minimum atomic E-state index is -0.911. The Morgan fingerprint density at radius 3 is 2.28 bits per heavy atom. The first-order valence-electron chi connectivity index (χ1n) is 9.66. The van der Waals surface area contributed by atoms with Crippen LogP contribution in [0.1, 0.15) is 50.8 Å². The highest BCUT2D eigenvalue weighted by molar-refractivity contribution is 5.94. The van der Waals surface area contributed by atoms with Gasteiger partial charge < -0.3 is 9.84 Å². The van der Waals surface area contributed by atoms with Gasteiger partial charge in [-0.2, -0.15) is 0 Å². The molecule has 4 nitrogen and oxygen atoms in total. The first-order chi connectivity index (χ1) is 14.0. The summed E-state index contributed by atoms with van der Waals surface area (Å²) in [6.07, 6.45) is 2.09. The van der Waals surface area contributed by atoms with E-state index >= 15 is 0 Å². The summed E-state index contributed by atoms with van der Waals surface area (Å²) in [4.78, 5) is 23.2. The van der Waals surface area contributed by atoms with E-state index in [4.69, 9.17) is 4.74 Å². The Balaban J connectivity index is 1.73. The van der Waals surface area contributed by atoms with Gasteiger partial charge in [0.2, 0.25) is 0 Å². The van der Waals surface area contributed by atoms with Gasteiger partial charge in [0.1, 0.15) is 12.4 Å². The van der Waals surface area contributed by atoms with Crippen LogP contribution in [0.3, 0.4) is 0 Å². The lowest BCUT2D eigenvalue weighted by molar-refractivity contribution is 0.0695. The zero-order valence-corrected chi connectivity index (χ0v) is 16.4. The second-order valence-corrected chi connectivity index (χ2v) is 6.97. The highest BCUT2D eigenvalue weighted by atomic mass is 16.5. The van der Waals surface area contributed by atoms with Gasteiger partial charge in [-0.05, 0) is 67.1 Å². The third-order valence-corrected chi connectivity index (χ3v) is 4.84. The summed E-state index contributed by atoms with van der Waals surface area (Å²) >= 11 is 0. The standard InChI is InChI=1S/C25H24O4/c1-18(26)21-14-15-24(29-17-19-8-3-2-4-9-19)22(16-21)12-7-11-20-10-5-6-13-23(20)25(27)28/h2-6,8-10,13-16H,7,11-12,17H2,1H3,(H,27,28). The van der Waals surface area contributed by atoms with Gasteiger partial charge in [0.05, 0.1) is 5.56 Å². The third kappa shape index (κ3) is 5.55. The van der Waals surface area contributed by atoms with Crippen LogP contribution >= 0.6 is 0 Å². The van der Waals surface area contributed by atoms with Crippen molar-refractivity contribution in [2.24, 2.45) is 0 Å². The molecule has 29 heavy (non-hydrogen) atoms. The summed E-state index contributed by atoms with van der Waals surface area (Å²) in [5.41, 5.74) is 3.84. The van der Waals surface area contributed by atoms with E-state index in [9.17, 15) is 14.7 Å². The molecule has 4 heteroatoms. The molecular weight excluding hydrogens is 364 g/mol. The SMILES string of the molecule is CC(=O)c1ccc(OCc2ccccc2)c(CCCc2ccccc2C(=O)O)c1. The average molecular weight is 388 g/mol. The fraction of sp³-hybridized carbons (Fsp3) is 0.200. The molecule has 3 aromatic rings. The Hall–Kier alpha value is -3.40. The molecule has 0 aliphatic heterocycles. The Morgan fingerprint density at radius 2 is 1.55 bits per heavy atom. The van der Waals surface area contributed by atoms with Crippen molar-refractivity contribution in [3.05, 3.63) is 101 Å². The first kappa shape index (κ1) is 20.3. The summed E-state index contributed by atoms with van der Waals surface area (Å²) in [5, 5.41) is 9.34. The van der Waals surface area contributed by atoms with Crippen molar-refractivity contribution < 1.29 is 19.4 Å². The fourth-order valence-corrected chi connectivity index (χ4v) is 3.29. The predicted molar refractivity (Wildman–Crippen MR) is 113 cm³/mol. The van der Waals surface area contributed by atoms with Gasteiger partial charge in [-0.1, -0.05) is 48.5 Å². The highest BCUT2D eigenvalue weighted by Crippen LogP contribution is 2.24. The number of carbonyl (C=O) groups is 2. The molecule has 1 N–H and O–H groups in total. The van der Waals surface area contributed by atoms with Crippen LogP contribution < -0.4 is 4.74 Å². The average Bonchev–Trinajstić information content (AvgIpc) is 2.73. The number of aromatic carboxylic acids is 1. The number of carboxylic acid groups (broad SMARTS) is 1. The smallest absolute Gasteiger partial charge is 0.335 e. The van der Waals surface area contributed by atoms with Crippen molar-refractivity contribution in [3.8, 4) is 5.75 Å². The Morgan fingerprint density at radius 1 is 0.862 bits per heavy atom. The Kier molecular flexibility index (Phi) is 6.80. The molecular formula is C25H24O4. The minimum Gasteiger partial charge on any atom is -0.489 e. The number of carboxylic acids is 1. The number of hydrogen-bond donors (Lipinski definition) is 1. The van der Waals surface area contributed by atoms with E-state index in [-0.39, 0.29) is 5.78 Å². The van der Waals surface area contributed by atoms with E-state index in [2.05, 4.69) is 0 Å². The molecule has 0 amide bonds. The minimum absolute atomic E-state index is 0.0112. The molecule has 0 radical (unpaired) electrons. The van der Waals surface area contributed by atoms with E-state index in [1.54, 1.807) is 25.1 Å². The Bertz CT molecular complexity index is 993. The number of ketones is 1. The lowest BCUT2D eigenvalue weighted by Gasteiger charge is -2.13. The van der Waals surface area contributed by atoms with Gasteiger partial charge in [0, 0.05) is 5.56 Å². The van der Waals surface area contributed by atoms with Crippen molar-refractivity contribution >= 4 is 11.8 Å². The van der Waals surface area contributed by atoms with Gasteiger partial charge >= 0.3 is 5.97 Å². The van der Waals surface area contributed by atoms with Crippen LogP contribution in [0.2, 0.25) is 0 Å². The van der Waals surface area contributed by atoms with Gasteiger partial charge in [-0.15, -0.1) is 0 Å². The van der Waals surface area contributed by atoms with Crippen LogP contribution in [0.15, 0.2) is 72.8 Å². The van der Waals surface area contributed by atoms with Crippen molar-refractivity contribution in [1.29, 1.82) is 0 Å². The predicted octanol–water partition coefficient (Wildman–Crippen LogP) is 5.34. The van der Waals surface area contributed by atoms with Crippen molar-refractivity contribution in [2.75, 3.05) is 0 Å². The summed E-state index contributed by atoms with van der Waals surface area (Å²) < 4.78 is 6.02. The van der Waals surface area contributed by atoms with Crippen LogP contribution in [0.25, 0.3) is 0 Å². The first-order valence-corrected chi connectivity index (χ1v) is 9.66. The lowest BCUT2D eigenvalue weighted by Crippen LogP contribution is -2.04. The molecule has 0 aliphatic rings. The third-order valence-electron chi connectivity index (χ3n) is 4.84. The summed E-state index contributed by atoms with van der Waals surface area (Å²) in [6.45, 7) is 2.00. The molecule has 0 saturated heterocycles. The van der Waals surface area contributed by atoms with Crippen LogP contribution in [0.5, 0.6) is 5.75 Å². The van der Waals surface area contributed by atoms with Gasteiger partial charge in [0.25, 0.3) is 0 Å². The number of ether oxygens (including phenoxy) is 1. The van der Waals surface area contributed by atoms with Crippen LogP contribution in [-0.4, -0.2) is 16.9 Å². The molecule has 0 saturated carbocycles. The van der Waals surface area contributed by atoms with E-state index in [1.807, 2.05) is 54.6 Å².